The SMILES string of the molecule is O=C(CSc1nc(=O)n(Cc2ccncc2)c2c1CCC2)Nc1ccc(Cl)cc1. The normalized spacial score (nSPS) is 12.6. The van der Waals surface area contributed by atoms with Gasteiger partial charge in [0.15, 0.2) is 0 Å². The zero-order chi connectivity index (χ0) is 20.2. The average molecular weight is 427 g/mol. The molecule has 1 aliphatic rings. The molecule has 1 amide bonds. The van der Waals surface area contributed by atoms with E-state index >= 15 is 0 Å². The van der Waals surface area contributed by atoms with Crippen molar-refractivity contribution in [2.45, 2.75) is 30.8 Å². The molecule has 0 unspecified atom stereocenters. The largest absolute Gasteiger partial charge is 0.349 e. The zero-order valence-corrected chi connectivity index (χ0v) is 17.2. The Morgan fingerprint density at radius 3 is 2.66 bits per heavy atom. The summed E-state index contributed by atoms with van der Waals surface area (Å²) in [5, 5.41) is 4.11. The number of anilines is 1. The summed E-state index contributed by atoms with van der Waals surface area (Å²) in [6, 6.07) is 10.7. The number of thioether (sulfide) groups is 1. The van der Waals surface area contributed by atoms with Gasteiger partial charge in [0.25, 0.3) is 0 Å². The number of amides is 1. The quantitative estimate of drug-likeness (QED) is 0.481. The van der Waals surface area contributed by atoms with E-state index in [0.717, 1.165) is 36.1 Å². The van der Waals surface area contributed by atoms with Crippen molar-refractivity contribution < 1.29 is 4.79 Å². The van der Waals surface area contributed by atoms with Crippen LogP contribution in [0.3, 0.4) is 0 Å². The van der Waals surface area contributed by atoms with Crippen molar-refractivity contribution in [2.24, 2.45) is 0 Å². The van der Waals surface area contributed by atoms with Crippen molar-refractivity contribution >= 4 is 35.0 Å². The number of fused-ring (bicyclic) bond motifs is 1. The van der Waals surface area contributed by atoms with Crippen molar-refractivity contribution in [3.8, 4) is 0 Å². The number of pyridine rings is 1. The van der Waals surface area contributed by atoms with E-state index in [1.54, 1.807) is 41.2 Å². The highest BCUT2D eigenvalue weighted by molar-refractivity contribution is 8.00. The minimum atomic E-state index is -0.275. The molecule has 8 heteroatoms. The molecule has 29 heavy (non-hydrogen) atoms. The molecular formula is C21H19ClN4O2S. The lowest BCUT2D eigenvalue weighted by molar-refractivity contribution is -0.113. The Bertz CT molecular complexity index is 1080. The molecule has 0 bridgehead atoms. The number of aromatic nitrogens is 3. The second-order valence-corrected chi connectivity index (χ2v) is 8.16. The summed E-state index contributed by atoms with van der Waals surface area (Å²) >= 11 is 7.18. The van der Waals surface area contributed by atoms with Crippen LogP contribution in [-0.4, -0.2) is 26.2 Å². The summed E-state index contributed by atoms with van der Waals surface area (Å²) < 4.78 is 1.75. The molecule has 0 radical (unpaired) electrons. The molecule has 1 aliphatic carbocycles. The van der Waals surface area contributed by atoms with E-state index in [4.69, 9.17) is 11.6 Å². The Balaban J connectivity index is 1.49. The predicted octanol–water partition coefficient (Wildman–Crippen LogP) is 3.56. The van der Waals surface area contributed by atoms with Gasteiger partial charge in [0.2, 0.25) is 5.91 Å². The van der Waals surface area contributed by atoms with Crippen LogP contribution in [0.15, 0.2) is 58.6 Å². The maximum atomic E-state index is 12.7. The summed E-state index contributed by atoms with van der Waals surface area (Å²) in [6.45, 7) is 0.485. The maximum Gasteiger partial charge on any atom is 0.349 e. The van der Waals surface area contributed by atoms with Crippen LogP contribution in [0, 0.1) is 0 Å². The Morgan fingerprint density at radius 2 is 1.90 bits per heavy atom. The highest BCUT2D eigenvalue weighted by atomic mass is 35.5. The second-order valence-electron chi connectivity index (χ2n) is 6.76. The minimum absolute atomic E-state index is 0.146. The van der Waals surface area contributed by atoms with E-state index in [1.807, 2.05) is 12.1 Å². The predicted molar refractivity (Wildman–Crippen MR) is 115 cm³/mol. The van der Waals surface area contributed by atoms with Gasteiger partial charge in [-0.25, -0.2) is 4.79 Å². The van der Waals surface area contributed by atoms with Crippen LogP contribution in [0.4, 0.5) is 5.69 Å². The monoisotopic (exact) mass is 426 g/mol. The molecule has 1 N–H and O–H groups in total. The maximum absolute atomic E-state index is 12.7. The third-order valence-corrected chi connectivity index (χ3v) is 6.03. The van der Waals surface area contributed by atoms with Crippen molar-refractivity contribution in [3.05, 3.63) is 81.1 Å². The van der Waals surface area contributed by atoms with Crippen LogP contribution >= 0.6 is 23.4 Å². The van der Waals surface area contributed by atoms with Gasteiger partial charge in [-0.15, -0.1) is 0 Å². The molecule has 0 saturated heterocycles. The number of benzene rings is 1. The smallest absolute Gasteiger partial charge is 0.325 e. The fraction of sp³-hybridized carbons (Fsp3) is 0.238. The molecule has 3 aromatic rings. The Morgan fingerprint density at radius 1 is 1.14 bits per heavy atom. The van der Waals surface area contributed by atoms with Crippen molar-refractivity contribution in [2.75, 3.05) is 11.1 Å². The third-order valence-electron chi connectivity index (χ3n) is 4.76. The van der Waals surface area contributed by atoms with Crippen LogP contribution in [0.2, 0.25) is 5.02 Å². The number of carbonyl (C=O) groups is 1. The van der Waals surface area contributed by atoms with Crippen LogP contribution in [0.1, 0.15) is 23.2 Å². The first-order valence-electron chi connectivity index (χ1n) is 9.30. The van der Waals surface area contributed by atoms with Crippen LogP contribution in [0.5, 0.6) is 0 Å². The number of carbonyl (C=O) groups excluding carboxylic acids is 1. The summed E-state index contributed by atoms with van der Waals surface area (Å²) in [4.78, 5) is 33.3. The Kier molecular flexibility index (Phi) is 5.97. The van der Waals surface area contributed by atoms with Gasteiger partial charge in [-0.3, -0.25) is 14.3 Å². The van der Waals surface area contributed by atoms with Gasteiger partial charge >= 0.3 is 5.69 Å². The number of hydrogen-bond donors (Lipinski definition) is 1. The molecule has 0 fully saturated rings. The van der Waals surface area contributed by atoms with Crippen LogP contribution in [0.25, 0.3) is 0 Å². The molecule has 4 rings (SSSR count). The molecule has 0 aliphatic heterocycles. The van der Waals surface area contributed by atoms with E-state index in [1.165, 1.54) is 11.8 Å². The highest BCUT2D eigenvalue weighted by Gasteiger charge is 2.22. The third kappa shape index (κ3) is 4.68. The molecular weight excluding hydrogens is 408 g/mol. The molecule has 6 nitrogen and oxygen atoms in total. The van der Waals surface area contributed by atoms with Crippen LogP contribution < -0.4 is 11.0 Å². The lowest BCUT2D eigenvalue weighted by atomic mass is 10.2. The highest BCUT2D eigenvalue weighted by Crippen LogP contribution is 2.29. The molecule has 0 saturated carbocycles. The second kappa shape index (κ2) is 8.80. The van der Waals surface area contributed by atoms with E-state index in [9.17, 15) is 9.59 Å². The van der Waals surface area contributed by atoms with Crippen LogP contribution in [-0.2, 0) is 24.2 Å². The number of nitrogens with one attached hydrogen (secondary N) is 1. The molecule has 2 heterocycles. The van der Waals surface area contributed by atoms with Gasteiger partial charge in [0, 0.05) is 34.4 Å². The average Bonchev–Trinajstić information content (AvgIpc) is 3.21. The number of halogens is 1. The van der Waals surface area contributed by atoms with Gasteiger partial charge in [-0.05, 0) is 61.2 Å². The first-order valence-corrected chi connectivity index (χ1v) is 10.7. The summed E-state index contributed by atoms with van der Waals surface area (Å²) in [5.41, 5.74) is 3.54. The van der Waals surface area contributed by atoms with Gasteiger partial charge in [-0.2, -0.15) is 4.98 Å². The van der Waals surface area contributed by atoms with Gasteiger partial charge < -0.3 is 5.32 Å². The number of hydrogen-bond acceptors (Lipinski definition) is 5. The lowest BCUT2D eigenvalue weighted by Crippen LogP contribution is -2.28. The summed E-state index contributed by atoms with van der Waals surface area (Å²) in [5.74, 6) is 0.0439. The van der Waals surface area contributed by atoms with Crippen molar-refractivity contribution in [3.63, 3.8) is 0 Å². The topological polar surface area (TPSA) is 76.9 Å². The lowest BCUT2D eigenvalue weighted by Gasteiger charge is -2.14. The van der Waals surface area contributed by atoms with Gasteiger partial charge in [0.1, 0.15) is 5.03 Å². The van der Waals surface area contributed by atoms with Gasteiger partial charge in [-0.1, -0.05) is 23.4 Å². The summed E-state index contributed by atoms with van der Waals surface area (Å²) in [6.07, 6.45) is 6.15. The van der Waals surface area contributed by atoms with E-state index in [0.29, 0.717) is 22.3 Å². The van der Waals surface area contributed by atoms with Crippen molar-refractivity contribution in [1.82, 2.24) is 14.5 Å². The fourth-order valence-corrected chi connectivity index (χ4v) is 4.41. The van der Waals surface area contributed by atoms with E-state index in [-0.39, 0.29) is 17.3 Å². The first-order chi connectivity index (χ1) is 14.1. The number of rotatable bonds is 6. The zero-order valence-electron chi connectivity index (χ0n) is 15.6. The Hall–Kier alpha value is -2.64. The molecule has 148 valence electrons. The Labute approximate surface area is 177 Å². The molecule has 1 aromatic carbocycles. The molecule has 2 aromatic heterocycles. The van der Waals surface area contributed by atoms with Crippen molar-refractivity contribution in [1.29, 1.82) is 0 Å². The minimum Gasteiger partial charge on any atom is -0.325 e. The molecule has 0 atom stereocenters. The first kappa shape index (κ1) is 19.7. The number of nitrogens with zero attached hydrogens (tertiary/aromatic N) is 3. The molecule has 0 spiro atoms. The fourth-order valence-electron chi connectivity index (χ4n) is 3.40. The standard InChI is InChI=1S/C21H19ClN4O2S/c22-15-4-6-16(7-5-15)24-19(27)13-29-20-17-2-1-3-18(17)26(21(28)25-20)12-14-8-10-23-11-9-14/h4-11H,1-3,12-13H2,(H,24,27). The summed E-state index contributed by atoms with van der Waals surface area (Å²) in [7, 11) is 0. The van der Waals surface area contributed by atoms with E-state index < -0.39 is 0 Å². The van der Waals surface area contributed by atoms with Gasteiger partial charge in [0.05, 0.1) is 12.3 Å². The van der Waals surface area contributed by atoms with E-state index in [2.05, 4.69) is 15.3 Å².